The van der Waals surface area contributed by atoms with Crippen LogP contribution in [-0.2, 0) is 0 Å². The second kappa shape index (κ2) is 3.76. The third-order valence-corrected chi connectivity index (χ3v) is 3.61. The monoisotopic (exact) mass is 262 g/mol. The molecule has 0 aliphatic rings. The predicted molar refractivity (Wildman–Crippen MR) is 73.7 cm³/mol. The number of halogens is 2. The number of hydrogen-bond acceptors (Lipinski definition) is 1. The van der Waals surface area contributed by atoms with Gasteiger partial charge in [-0.3, -0.25) is 0 Å². The molecule has 2 aromatic carbocycles. The molecule has 1 aromatic heterocycles. The van der Waals surface area contributed by atoms with E-state index in [0.29, 0.717) is 21.4 Å². The van der Waals surface area contributed by atoms with Crippen molar-refractivity contribution in [2.45, 2.75) is 0 Å². The van der Waals surface area contributed by atoms with E-state index < -0.39 is 0 Å². The average Bonchev–Trinajstić information content (AvgIpc) is 2.80. The molecule has 0 saturated carbocycles. The smallest absolute Gasteiger partial charge is 0.130 e. The third-order valence-electron chi connectivity index (χ3n) is 2.75. The molecule has 0 amide bonds. The summed E-state index contributed by atoms with van der Waals surface area (Å²) in [6.07, 6.45) is 1.65. The lowest BCUT2D eigenvalue weighted by atomic mass is 10.1. The number of nitrogens with one attached hydrogen (secondary N) is 1. The quantitative estimate of drug-likeness (QED) is 0.679. The molecule has 1 heterocycles. The number of rotatable bonds is 1. The number of hydrogen-bond donors (Lipinski definition) is 1. The molecule has 0 atom stereocenters. The Labute approximate surface area is 108 Å². The van der Waals surface area contributed by atoms with Gasteiger partial charge in [-0.2, -0.15) is 0 Å². The van der Waals surface area contributed by atoms with E-state index in [4.69, 9.17) is 23.2 Å². The van der Waals surface area contributed by atoms with Crippen LogP contribution in [-0.4, -0.2) is 9.97 Å². The molecule has 84 valence electrons. The minimum Gasteiger partial charge on any atom is -0.338 e. The summed E-state index contributed by atoms with van der Waals surface area (Å²) < 4.78 is 0. The summed E-state index contributed by atoms with van der Waals surface area (Å²) in [5, 5.41) is 2.95. The maximum absolute atomic E-state index is 6.25. The number of aromatic nitrogens is 2. The number of benzene rings is 2. The van der Waals surface area contributed by atoms with Gasteiger partial charge in [-0.25, -0.2) is 4.98 Å². The minimum absolute atomic E-state index is 0.477. The van der Waals surface area contributed by atoms with Gasteiger partial charge in [0.2, 0.25) is 0 Å². The Morgan fingerprint density at radius 1 is 1.12 bits per heavy atom. The first-order valence-corrected chi connectivity index (χ1v) is 5.86. The predicted octanol–water partition coefficient (Wildman–Crippen LogP) is 4.67. The molecule has 0 aliphatic heterocycles. The molecule has 0 aliphatic carbocycles. The van der Waals surface area contributed by atoms with Crippen molar-refractivity contribution in [2.75, 3.05) is 0 Å². The zero-order valence-corrected chi connectivity index (χ0v) is 10.3. The van der Waals surface area contributed by atoms with Gasteiger partial charge >= 0.3 is 0 Å². The highest BCUT2D eigenvalue weighted by atomic mass is 35.5. The Balaban J connectivity index is 2.62. The Morgan fingerprint density at radius 3 is 2.53 bits per heavy atom. The summed E-state index contributed by atoms with van der Waals surface area (Å²) in [6.45, 7) is 3.69. The van der Waals surface area contributed by atoms with Crippen molar-refractivity contribution in [3.63, 3.8) is 0 Å². The van der Waals surface area contributed by atoms with Gasteiger partial charge in [-0.1, -0.05) is 54.0 Å². The number of fused-ring (bicyclic) bond motifs is 3. The summed E-state index contributed by atoms with van der Waals surface area (Å²) in [5.41, 5.74) is 1.58. The molecule has 0 radical (unpaired) electrons. The van der Waals surface area contributed by atoms with Crippen molar-refractivity contribution in [3.8, 4) is 0 Å². The highest BCUT2D eigenvalue weighted by molar-refractivity contribution is 6.48. The van der Waals surface area contributed by atoms with Crippen LogP contribution in [0.15, 0.2) is 30.8 Å². The van der Waals surface area contributed by atoms with E-state index >= 15 is 0 Å². The lowest BCUT2D eigenvalue weighted by Crippen LogP contribution is -1.80. The highest BCUT2D eigenvalue weighted by Gasteiger charge is 2.14. The molecule has 0 fully saturated rings. The van der Waals surface area contributed by atoms with Crippen LogP contribution in [0, 0.1) is 0 Å². The van der Waals surface area contributed by atoms with Gasteiger partial charge < -0.3 is 4.98 Å². The lowest BCUT2D eigenvalue weighted by molar-refractivity contribution is 1.30. The van der Waals surface area contributed by atoms with Gasteiger partial charge in [-0.05, 0) is 6.08 Å². The molecule has 0 bridgehead atoms. The Kier molecular flexibility index (Phi) is 2.35. The Morgan fingerprint density at radius 2 is 1.82 bits per heavy atom. The first kappa shape index (κ1) is 10.6. The van der Waals surface area contributed by atoms with Gasteiger partial charge in [-0.15, -0.1) is 0 Å². The third kappa shape index (κ3) is 1.45. The van der Waals surface area contributed by atoms with Crippen LogP contribution in [0.2, 0.25) is 10.0 Å². The zero-order chi connectivity index (χ0) is 12.0. The molecule has 0 spiro atoms. The first-order valence-electron chi connectivity index (χ1n) is 5.10. The molecule has 3 aromatic rings. The van der Waals surface area contributed by atoms with Crippen molar-refractivity contribution >= 4 is 51.1 Å². The van der Waals surface area contributed by atoms with Gasteiger partial charge in [0.05, 0.1) is 15.6 Å². The van der Waals surface area contributed by atoms with E-state index in [-0.39, 0.29) is 0 Å². The number of nitrogens with zero attached hydrogens (tertiary/aromatic N) is 1. The van der Waals surface area contributed by atoms with Crippen LogP contribution < -0.4 is 0 Å². The second-order valence-corrected chi connectivity index (χ2v) is 4.48. The number of aromatic amines is 1. The van der Waals surface area contributed by atoms with Crippen LogP contribution in [0.5, 0.6) is 0 Å². The van der Waals surface area contributed by atoms with Gasteiger partial charge in [0, 0.05) is 10.8 Å². The first-order chi connectivity index (χ1) is 8.22. The van der Waals surface area contributed by atoms with E-state index in [0.717, 1.165) is 16.3 Å². The number of imidazole rings is 1. The maximum atomic E-state index is 6.25. The van der Waals surface area contributed by atoms with Crippen molar-refractivity contribution in [1.29, 1.82) is 0 Å². The maximum Gasteiger partial charge on any atom is 0.130 e. The van der Waals surface area contributed by atoms with Crippen LogP contribution in [0.4, 0.5) is 0 Å². The zero-order valence-electron chi connectivity index (χ0n) is 8.80. The summed E-state index contributed by atoms with van der Waals surface area (Å²) in [6, 6.07) is 7.82. The Hall–Kier alpha value is -1.51. The van der Waals surface area contributed by atoms with Crippen molar-refractivity contribution in [1.82, 2.24) is 9.97 Å². The van der Waals surface area contributed by atoms with Crippen molar-refractivity contribution < 1.29 is 0 Å². The van der Waals surface area contributed by atoms with Crippen LogP contribution in [0.25, 0.3) is 27.9 Å². The van der Waals surface area contributed by atoms with Crippen LogP contribution >= 0.6 is 23.2 Å². The lowest BCUT2D eigenvalue weighted by Gasteiger charge is -2.03. The SMILES string of the molecule is C=Cc1nc2c(Cl)c(Cl)c3ccccc3c2[nH]1. The fourth-order valence-corrected chi connectivity index (χ4v) is 2.45. The highest BCUT2D eigenvalue weighted by Crippen LogP contribution is 2.37. The molecule has 0 saturated heterocycles. The fraction of sp³-hybridized carbons (Fsp3) is 0. The number of H-pyrrole nitrogens is 1. The van der Waals surface area contributed by atoms with Crippen molar-refractivity contribution in [2.24, 2.45) is 0 Å². The van der Waals surface area contributed by atoms with Gasteiger partial charge in [0.1, 0.15) is 11.3 Å². The molecule has 17 heavy (non-hydrogen) atoms. The standard InChI is InChI=1S/C13H8Cl2N2/c1-2-9-16-12-8-6-4-3-5-7(8)10(14)11(15)13(12)17-9/h2-6H,1H2,(H,16,17). The molecular formula is C13H8Cl2N2. The second-order valence-electron chi connectivity index (χ2n) is 3.72. The summed E-state index contributed by atoms with van der Waals surface area (Å²) >= 11 is 12.5. The topological polar surface area (TPSA) is 28.7 Å². The molecule has 0 unspecified atom stereocenters. The van der Waals surface area contributed by atoms with Crippen molar-refractivity contribution in [3.05, 3.63) is 46.7 Å². The molecule has 1 N–H and O–H groups in total. The van der Waals surface area contributed by atoms with Crippen LogP contribution in [0.3, 0.4) is 0 Å². The molecule has 2 nitrogen and oxygen atoms in total. The normalized spacial score (nSPS) is 11.2. The molecule has 3 rings (SSSR count). The molecular weight excluding hydrogens is 255 g/mol. The largest absolute Gasteiger partial charge is 0.338 e. The van der Waals surface area contributed by atoms with E-state index in [1.54, 1.807) is 6.08 Å². The van der Waals surface area contributed by atoms with Crippen LogP contribution in [0.1, 0.15) is 5.82 Å². The van der Waals surface area contributed by atoms with E-state index in [1.807, 2.05) is 24.3 Å². The van der Waals surface area contributed by atoms with E-state index in [2.05, 4.69) is 16.5 Å². The fourth-order valence-electron chi connectivity index (χ4n) is 1.96. The summed E-state index contributed by atoms with van der Waals surface area (Å²) in [7, 11) is 0. The van der Waals surface area contributed by atoms with E-state index in [1.165, 1.54) is 0 Å². The summed E-state index contributed by atoms with van der Waals surface area (Å²) in [5.74, 6) is 0.689. The average molecular weight is 263 g/mol. The summed E-state index contributed by atoms with van der Waals surface area (Å²) in [4.78, 5) is 7.54. The minimum atomic E-state index is 0.477. The van der Waals surface area contributed by atoms with Gasteiger partial charge in [0.25, 0.3) is 0 Å². The van der Waals surface area contributed by atoms with Gasteiger partial charge in [0.15, 0.2) is 0 Å². The van der Waals surface area contributed by atoms with E-state index in [9.17, 15) is 0 Å². The molecule has 4 heteroatoms. The Bertz CT molecular complexity index is 744.